The molecule has 0 saturated carbocycles. The Bertz CT molecular complexity index is 834. The van der Waals surface area contributed by atoms with Gasteiger partial charge in [0.2, 0.25) is 11.0 Å². The van der Waals surface area contributed by atoms with E-state index in [0.717, 1.165) is 20.7 Å². The highest BCUT2D eigenvalue weighted by molar-refractivity contribution is 8.00. The number of rotatable bonds is 8. The minimum Gasteiger partial charge on any atom is -0.497 e. The highest BCUT2D eigenvalue weighted by Crippen LogP contribution is 2.30. The van der Waals surface area contributed by atoms with Gasteiger partial charge in [-0.25, -0.2) is 0 Å². The predicted octanol–water partition coefficient (Wildman–Crippen LogP) is 5.02. The summed E-state index contributed by atoms with van der Waals surface area (Å²) in [5.74, 6) is 1.58. The molecule has 2 aromatic heterocycles. The largest absolute Gasteiger partial charge is 0.497 e. The predicted molar refractivity (Wildman–Crippen MR) is 111 cm³/mol. The maximum atomic E-state index is 12.4. The van der Waals surface area contributed by atoms with Crippen molar-refractivity contribution >= 4 is 57.2 Å². The van der Waals surface area contributed by atoms with Gasteiger partial charge in [-0.3, -0.25) is 10.1 Å². The van der Waals surface area contributed by atoms with Crippen LogP contribution in [-0.4, -0.2) is 28.5 Å². The number of anilines is 1. The Morgan fingerprint density at radius 2 is 2.08 bits per heavy atom. The second kappa shape index (κ2) is 9.40. The van der Waals surface area contributed by atoms with Crippen LogP contribution < -0.4 is 10.1 Å². The monoisotopic (exact) mass is 423 g/mol. The summed E-state index contributed by atoms with van der Waals surface area (Å²) < 4.78 is 5.99. The molecule has 5 nitrogen and oxygen atoms in total. The van der Waals surface area contributed by atoms with Crippen molar-refractivity contribution in [2.75, 3.05) is 12.4 Å². The van der Waals surface area contributed by atoms with Crippen molar-refractivity contribution in [2.45, 2.75) is 27.2 Å². The summed E-state index contributed by atoms with van der Waals surface area (Å²) in [4.78, 5) is 14.7. The molecular formula is C17H17N3O2S4. The first-order valence-corrected chi connectivity index (χ1v) is 11.3. The van der Waals surface area contributed by atoms with E-state index in [2.05, 4.69) is 27.0 Å². The number of methoxy groups -OCH3 is 1. The molecule has 0 saturated heterocycles. The summed E-state index contributed by atoms with van der Waals surface area (Å²) >= 11 is 6.24. The van der Waals surface area contributed by atoms with E-state index in [0.29, 0.717) is 5.13 Å². The third kappa shape index (κ3) is 5.47. The van der Waals surface area contributed by atoms with Crippen molar-refractivity contribution in [2.24, 2.45) is 0 Å². The van der Waals surface area contributed by atoms with Crippen molar-refractivity contribution in [3.63, 3.8) is 0 Å². The van der Waals surface area contributed by atoms with Gasteiger partial charge in [0.15, 0.2) is 4.34 Å². The Labute approximate surface area is 168 Å². The molecule has 1 N–H and O–H groups in total. The topological polar surface area (TPSA) is 64.1 Å². The number of amides is 1. The fourth-order valence-electron chi connectivity index (χ4n) is 1.97. The van der Waals surface area contributed by atoms with E-state index >= 15 is 0 Å². The molecule has 26 heavy (non-hydrogen) atoms. The van der Waals surface area contributed by atoms with Crippen LogP contribution in [0.1, 0.15) is 11.8 Å². The van der Waals surface area contributed by atoms with Gasteiger partial charge in [-0.05, 0) is 42.6 Å². The normalized spacial score (nSPS) is 11.9. The Balaban J connectivity index is 1.50. The van der Waals surface area contributed by atoms with Gasteiger partial charge >= 0.3 is 0 Å². The lowest BCUT2D eigenvalue weighted by Gasteiger charge is -2.10. The van der Waals surface area contributed by atoms with Gasteiger partial charge in [-0.15, -0.1) is 33.3 Å². The Hall–Kier alpha value is -1.55. The SMILES string of the molecule is COc1ccc(SC(C)C(=O)Nc2nnc(SCc3cccs3)s2)cc1. The van der Waals surface area contributed by atoms with Crippen LogP contribution in [0.3, 0.4) is 0 Å². The fraction of sp³-hybridized carbons (Fsp3) is 0.235. The molecule has 1 aromatic carbocycles. The molecule has 0 aliphatic rings. The van der Waals surface area contributed by atoms with E-state index in [1.54, 1.807) is 30.2 Å². The first-order valence-electron chi connectivity index (χ1n) is 7.74. The van der Waals surface area contributed by atoms with Gasteiger partial charge in [-0.2, -0.15) is 0 Å². The Morgan fingerprint density at radius 1 is 1.27 bits per heavy atom. The van der Waals surface area contributed by atoms with Crippen molar-refractivity contribution in [1.82, 2.24) is 10.2 Å². The van der Waals surface area contributed by atoms with Crippen LogP contribution in [0.2, 0.25) is 0 Å². The highest BCUT2D eigenvalue weighted by atomic mass is 32.2. The molecule has 1 amide bonds. The van der Waals surface area contributed by atoms with Crippen molar-refractivity contribution < 1.29 is 9.53 Å². The van der Waals surface area contributed by atoms with E-state index in [4.69, 9.17) is 4.74 Å². The zero-order valence-electron chi connectivity index (χ0n) is 14.2. The fourth-order valence-corrected chi connectivity index (χ4v) is 5.36. The summed E-state index contributed by atoms with van der Waals surface area (Å²) in [5, 5.41) is 13.4. The number of thioether (sulfide) groups is 2. The number of benzene rings is 1. The number of ether oxygens (including phenoxy) is 1. The molecule has 3 aromatic rings. The number of carbonyl (C=O) groups excluding carboxylic acids is 1. The molecule has 1 unspecified atom stereocenters. The molecule has 136 valence electrons. The van der Waals surface area contributed by atoms with Crippen LogP contribution in [0.5, 0.6) is 5.75 Å². The second-order valence-corrected chi connectivity index (χ2v) is 9.81. The molecule has 1 atom stereocenters. The zero-order valence-corrected chi connectivity index (χ0v) is 17.4. The quantitative estimate of drug-likeness (QED) is 0.405. The number of hydrogen-bond donors (Lipinski definition) is 1. The number of nitrogens with one attached hydrogen (secondary N) is 1. The molecule has 0 aliphatic heterocycles. The van der Waals surface area contributed by atoms with Crippen molar-refractivity contribution in [3.05, 3.63) is 46.7 Å². The summed E-state index contributed by atoms with van der Waals surface area (Å²) in [6.45, 7) is 1.87. The third-order valence-electron chi connectivity index (χ3n) is 3.30. The van der Waals surface area contributed by atoms with Gasteiger partial charge < -0.3 is 4.74 Å². The van der Waals surface area contributed by atoms with Crippen LogP contribution in [0, 0.1) is 0 Å². The molecule has 0 spiro atoms. The molecule has 0 radical (unpaired) electrons. The van der Waals surface area contributed by atoms with Crippen LogP contribution in [0.25, 0.3) is 0 Å². The smallest absolute Gasteiger partial charge is 0.239 e. The third-order valence-corrected chi connectivity index (χ3v) is 7.49. The number of thiophene rings is 1. The lowest BCUT2D eigenvalue weighted by Crippen LogP contribution is -2.22. The van der Waals surface area contributed by atoms with Crippen LogP contribution in [-0.2, 0) is 10.5 Å². The first kappa shape index (κ1) is 19.2. The molecule has 2 heterocycles. The number of aromatic nitrogens is 2. The van der Waals surface area contributed by atoms with Crippen molar-refractivity contribution in [3.8, 4) is 5.75 Å². The molecule has 0 fully saturated rings. The lowest BCUT2D eigenvalue weighted by molar-refractivity contribution is -0.115. The summed E-state index contributed by atoms with van der Waals surface area (Å²) in [7, 11) is 1.63. The summed E-state index contributed by atoms with van der Waals surface area (Å²) in [6.07, 6.45) is 0. The summed E-state index contributed by atoms with van der Waals surface area (Å²) in [5.41, 5.74) is 0. The van der Waals surface area contributed by atoms with Crippen LogP contribution >= 0.6 is 46.2 Å². The minimum atomic E-state index is -0.241. The van der Waals surface area contributed by atoms with E-state index < -0.39 is 0 Å². The second-order valence-electron chi connectivity index (χ2n) is 5.17. The molecule has 9 heteroatoms. The standard InChI is InChI=1S/C17H17N3O2S4/c1-11(25-13-7-5-12(22-2)6-8-13)15(21)18-16-19-20-17(26-16)24-10-14-4-3-9-23-14/h3-9,11H,10H2,1-2H3,(H,18,19,21). The Kier molecular flexibility index (Phi) is 6.95. The van der Waals surface area contributed by atoms with Gasteiger partial charge in [-0.1, -0.05) is 29.2 Å². The molecule has 3 rings (SSSR count). The van der Waals surface area contributed by atoms with E-state index in [9.17, 15) is 4.79 Å². The number of nitrogens with zero attached hydrogens (tertiary/aromatic N) is 2. The first-order chi connectivity index (χ1) is 12.6. The summed E-state index contributed by atoms with van der Waals surface area (Å²) in [6, 6.07) is 11.8. The average molecular weight is 424 g/mol. The van der Waals surface area contributed by atoms with Gasteiger partial charge in [0.1, 0.15) is 5.75 Å². The van der Waals surface area contributed by atoms with Crippen LogP contribution in [0.15, 0.2) is 51.0 Å². The van der Waals surface area contributed by atoms with Gasteiger partial charge in [0.25, 0.3) is 0 Å². The minimum absolute atomic E-state index is 0.0863. The molecular weight excluding hydrogens is 406 g/mol. The Morgan fingerprint density at radius 3 is 2.77 bits per heavy atom. The van der Waals surface area contributed by atoms with E-state index in [1.165, 1.54) is 28.0 Å². The number of carbonyl (C=O) groups is 1. The van der Waals surface area contributed by atoms with E-state index in [1.807, 2.05) is 37.3 Å². The highest BCUT2D eigenvalue weighted by Gasteiger charge is 2.17. The van der Waals surface area contributed by atoms with E-state index in [-0.39, 0.29) is 11.2 Å². The maximum absolute atomic E-state index is 12.4. The van der Waals surface area contributed by atoms with Crippen LogP contribution in [0.4, 0.5) is 5.13 Å². The number of hydrogen-bond acceptors (Lipinski definition) is 8. The van der Waals surface area contributed by atoms with Crippen molar-refractivity contribution in [1.29, 1.82) is 0 Å². The molecule has 0 aliphatic carbocycles. The average Bonchev–Trinajstić information content (AvgIpc) is 3.32. The maximum Gasteiger partial charge on any atom is 0.239 e. The molecule has 0 bridgehead atoms. The zero-order chi connectivity index (χ0) is 18.4. The van der Waals surface area contributed by atoms with Gasteiger partial charge in [0, 0.05) is 15.5 Å². The lowest BCUT2D eigenvalue weighted by atomic mass is 10.3. The van der Waals surface area contributed by atoms with Gasteiger partial charge in [0.05, 0.1) is 12.4 Å².